The molecule has 1 saturated carbocycles. The molecule has 0 radical (unpaired) electrons. The van der Waals surface area contributed by atoms with Gasteiger partial charge in [-0.1, -0.05) is 20.8 Å². The molecule has 2 nitrogen and oxygen atoms in total. The van der Waals surface area contributed by atoms with Crippen LogP contribution in [0.4, 0.5) is 0 Å². The summed E-state index contributed by atoms with van der Waals surface area (Å²) in [5.74, 6) is 1.34. The maximum absolute atomic E-state index is 11.6. The van der Waals surface area contributed by atoms with Crippen molar-refractivity contribution in [2.45, 2.75) is 71.8 Å². The SMILES string of the molecule is CC(C)(C)C1CCCN(C2CCCC(=O)C2)CC1. The van der Waals surface area contributed by atoms with Gasteiger partial charge in [0.05, 0.1) is 0 Å². The maximum Gasteiger partial charge on any atom is 0.134 e. The molecule has 2 aliphatic rings. The van der Waals surface area contributed by atoms with Gasteiger partial charge in [0.25, 0.3) is 0 Å². The van der Waals surface area contributed by atoms with E-state index in [1.54, 1.807) is 0 Å². The molecule has 104 valence electrons. The van der Waals surface area contributed by atoms with Crippen molar-refractivity contribution >= 4 is 5.78 Å². The van der Waals surface area contributed by atoms with Gasteiger partial charge in [0.2, 0.25) is 0 Å². The molecule has 0 aromatic heterocycles. The van der Waals surface area contributed by atoms with E-state index in [0.717, 1.165) is 25.2 Å². The lowest BCUT2D eigenvalue weighted by molar-refractivity contribution is -0.122. The van der Waals surface area contributed by atoms with E-state index in [4.69, 9.17) is 0 Å². The monoisotopic (exact) mass is 251 g/mol. The number of carbonyl (C=O) groups excluding carboxylic acids is 1. The number of rotatable bonds is 1. The van der Waals surface area contributed by atoms with Gasteiger partial charge in [-0.25, -0.2) is 0 Å². The van der Waals surface area contributed by atoms with E-state index in [2.05, 4.69) is 25.7 Å². The predicted molar refractivity (Wildman–Crippen MR) is 75.6 cm³/mol. The molecular formula is C16H29NO. The lowest BCUT2D eigenvalue weighted by Crippen LogP contribution is -2.39. The first-order valence-corrected chi connectivity index (χ1v) is 7.72. The van der Waals surface area contributed by atoms with Crippen LogP contribution in [0.2, 0.25) is 0 Å². The minimum atomic E-state index is 0.443. The summed E-state index contributed by atoms with van der Waals surface area (Å²) in [7, 11) is 0. The van der Waals surface area contributed by atoms with Crippen molar-refractivity contribution in [2.24, 2.45) is 11.3 Å². The molecule has 1 heterocycles. The summed E-state index contributed by atoms with van der Waals surface area (Å²) in [5, 5.41) is 0. The van der Waals surface area contributed by atoms with Gasteiger partial charge in [-0.2, -0.15) is 0 Å². The standard InChI is InChI=1S/C16H29NO/c1-16(2,3)13-6-5-10-17(11-9-13)14-7-4-8-15(18)12-14/h13-14H,4-12H2,1-3H3. The highest BCUT2D eigenvalue weighted by Gasteiger charge is 2.30. The van der Waals surface area contributed by atoms with Crippen molar-refractivity contribution < 1.29 is 4.79 Å². The second-order valence-electron chi connectivity index (χ2n) is 7.32. The number of Topliss-reactive ketones (excluding diaryl/α,β-unsaturated/α-hetero) is 1. The fourth-order valence-electron chi connectivity index (χ4n) is 3.66. The first-order valence-electron chi connectivity index (χ1n) is 7.72. The van der Waals surface area contributed by atoms with Crippen LogP contribution in [-0.2, 0) is 4.79 Å². The molecule has 0 spiro atoms. The van der Waals surface area contributed by atoms with Crippen LogP contribution in [0.1, 0.15) is 65.7 Å². The molecule has 2 heteroatoms. The molecule has 1 aliphatic heterocycles. The van der Waals surface area contributed by atoms with Crippen molar-refractivity contribution in [1.29, 1.82) is 0 Å². The summed E-state index contributed by atoms with van der Waals surface area (Å²) < 4.78 is 0. The van der Waals surface area contributed by atoms with E-state index in [0.29, 0.717) is 17.2 Å². The van der Waals surface area contributed by atoms with Gasteiger partial charge in [0, 0.05) is 18.9 Å². The third-order valence-electron chi connectivity index (χ3n) is 4.96. The zero-order valence-electron chi connectivity index (χ0n) is 12.4. The highest BCUT2D eigenvalue weighted by atomic mass is 16.1. The molecule has 1 aliphatic carbocycles. The van der Waals surface area contributed by atoms with Gasteiger partial charge in [0.1, 0.15) is 5.78 Å². The second-order valence-corrected chi connectivity index (χ2v) is 7.32. The van der Waals surface area contributed by atoms with E-state index in [9.17, 15) is 4.79 Å². The summed E-state index contributed by atoms with van der Waals surface area (Å²) in [4.78, 5) is 14.2. The van der Waals surface area contributed by atoms with E-state index in [-0.39, 0.29) is 0 Å². The summed E-state index contributed by atoms with van der Waals surface area (Å²) in [6, 6.07) is 0.560. The lowest BCUT2D eigenvalue weighted by atomic mass is 9.77. The van der Waals surface area contributed by atoms with Crippen LogP contribution in [0.3, 0.4) is 0 Å². The number of ketones is 1. The normalized spacial score (nSPS) is 32.3. The molecule has 0 aromatic carbocycles. The van der Waals surface area contributed by atoms with Crippen LogP contribution in [0.5, 0.6) is 0 Å². The maximum atomic E-state index is 11.6. The molecule has 0 amide bonds. The molecule has 2 atom stereocenters. The Morgan fingerprint density at radius 1 is 1.06 bits per heavy atom. The van der Waals surface area contributed by atoms with Gasteiger partial charge in [-0.3, -0.25) is 9.69 Å². The van der Waals surface area contributed by atoms with Crippen molar-refractivity contribution in [2.75, 3.05) is 13.1 Å². The van der Waals surface area contributed by atoms with Gasteiger partial charge < -0.3 is 0 Å². The molecule has 0 bridgehead atoms. The van der Waals surface area contributed by atoms with Crippen molar-refractivity contribution in [3.63, 3.8) is 0 Å². The first kappa shape index (κ1) is 14.0. The zero-order chi connectivity index (χ0) is 13.2. The highest BCUT2D eigenvalue weighted by molar-refractivity contribution is 5.79. The Morgan fingerprint density at radius 2 is 1.83 bits per heavy atom. The predicted octanol–water partition coefficient (Wildman–Crippen LogP) is 3.65. The Hall–Kier alpha value is -0.370. The average Bonchev–Trinajstić information content (AvgIpc) is 2.53. The van der Waals surface area contributed by atoms with Crippen LogP contribution >= 0.6 is 0 Å². The van der Waals surface area contributed by atoms with E-state index in [1.165, 1.54) is 38.8 Å². The first-order chi connectivity index (χ1) is 8.47. The Labute approximate surface area is 112 Å². The highest BCUT2D eigenvalue weighted by Crippen LogP contribution is 2.35. The van der Waals surface area contributed by atoms with Crippen LogP contribution in [0, 0.1) is 11.3 Å². The molecular weight excluding hydrogens is 222 g/mol. The largest absolute Gasteiger partial charge is 0.300 e. The third kappa shape index (κ3) is 3.57. The molecule has 2 rings (SSSR count). The van der Waals surface area contributed by atoms with E-state index >= 15 is 0 Å². The molecule has 0 N–H and O–H groups in total. The van der Waals surface area contributed by atoms with Gasteiger partial charge in [-0.15, -0.1) is 0 Å². The number of carbonyl (C=O) groups is 1. The topological polar surface area (TPSA) is 20.3 Å². The van der Waals surface area contributed by atoms with E-state index < -0.39 is 0 Å². The lowest BCUT2D eigenvalue weighted by Gasteiger charge is -2.33. The molecule has 2 unspecified atom stereocenters. The second kappa shape index (κ2) is 5.73. The Bertz CT molecular complexity index is 292. The molecule has 1 saturated heterocycles. The van der Waals surface area contributed by atoms with Crippen molar-refractivity contribution in [3.8, 4) is 0 Å². The quantitative estimate of drug-likeness (QED) is 0.709. The van der Waals surface area contributed by atoms with Crippen LogP contribution < -0.4 is 0 Å². The zero-order valence-corrected chi connectivity index (χ0v) is 12.4. The van der Waals surface area contributed by atoms with Gasteiger partial charge in [0.15, 0.2) is 0 Å². The number of nitrogens with zero attached hydrogens (tertiary/aromatic N) is 1. The van der Waals surface area contributed by atoms with Gasteiger partial charge in [-0.05, 0) is 56.5 Å². The number of hydrogen-bond acceptors (Lipinski definition) is 2. The molecule has 0 aromatic rings. The Balaban J connectivity index is 1.90. The molecule has 18 heavy (non-hydrogen) atoms. The summed E-state index contributed by atoms with van der Waals surface area (Å²) in [6.45, 7) is 9.54. The van der Waals surface area contributed by atoms with Gasteiger partial charge >= 0.3 is 0 Å². The summed E-state index contributed by atoms with van der Waals surface area (Å²) >= 11 is 0. The third-order valence-corrected chi connectivity index (χ3v) is 4.96. The minimum absolute atomic E-state index is 0.443. The van der Waals surface area contributed by atoms with Crippen molar-refractivity contribution in [3.05, 3.63) is 0 Å². The Morgan fingerprint density at radius 3 is 2.50 bits per heavy atom. The summed E-state index contributed by atoms with van der Waals surface area (Å²) in [6.07, 6.45) is 7.99. The fraction of sp³-hybridized carbons (Fsp3) is 0.938. The smallest absolute Gasteiger partial charge is 0.134 e. The summed E-state index contributed by atoms with van der Waals surface area (Å²) in [5.41, 5.74) is 0.443. The number of likely N-dealkylation sites (tertiary alicyclic amines) is 1. The average molecular weight is 251 g/mol. The van der Waals surface area contributed by atoms with Crippen LogP contribution in [0.25, 0.3) is 0 Å². The fourth-order valence-corrected chi connectivity index (χ4v) is 3.66. The van der Waals surface area contributed by atoms with Crippen LogP contribution in [-0.4, -0.2) is 29.8 Å². The number of hydrogen-bond donors (Lipinski definition) is 0. The molecule has 2 fully saturated rings. The van der Waals surface area contributed by atoms with Crippen LogP contribution in [0.15, 0.2) is 0 Å². The van der Waals surface area contributed by atoms with Crippen molar-refractivity contribution in [1.82, 2.24) is 4.90 Å². The minimum Gasteiger partial charge on any atom is -0.300 e. The Kier molecular flexibility index (Phi) is 4.47. The van der Waals surface area contributed by atoms with E-state index in [1.807, 2.05) is 0 Å².